The average Bonchev–Trinajstić information content (AvgIpc) is 2.86. The summed E-state index contributed by atoms with van der Waals surface area (Å²) in [5.41, 5.74) is 0.294. The van der Waals surface area contributed by atoms with Crippen LogP contribution in [0.25, 0.3) is 12.2 Å². The number of carbonyl (C=O) groups excluding carboxylic acids is 1. The zero-order valence-electron chi connectivity index (χ0n) is 12.1. The van der Waals surface area contributed by atoms with Crippen LogP contribution >= 0.6 is 11.6 Å². The highest BCUT2D eigenvalue weighted by atomic mass is 35.5. The molecule has 0 aliphatic rings. The molecular formula is C15H16ClN3O2. The highest BCUT2D eigenvalue weighted by Gasteiger charge is 2.27. The van der Waals surface area contributed by atoms with Gasteiger partial charge in [0.05, 0.1) is 5.54 Å². The number of carbonyl (C=O) groups is 1. The van der Waals surface area contributed by atoms with E-state index in [-0.39, 0.29) is 5.91 Å². The highest BCUT2D eigenvalue weighted by molar-refractivity contribution is 6.30. The van der Waals surface area contributed by atoms with Gasteiger partial charge in [-0.3, -0.25) is 4.79 Å². The fraction of sp³-hybridized carbons (Fsp3) is 0.267. The Morgan fingerprint density at radius 3 is 2.57 bits per heavy atom. The summed E-state index contributed by atoms with van der Waals surface area (Å²) in [7, 11) is 0. The molecule has 1 aromatic heterocycles. The maximum atomic E-state index is 11.2. The summed E-state index contributed by atoms with van der Waals surface area (Å²) in [5, 5.41) is 7.34. The maximum absolute atomic E-state index is 11.2. The fourth-order valence-corrected chi connectivity index (χ4v) is 1.92. The largest absolute Gasteiger partial charge is 0.344 e. The number of aromatic nitrogens is 2. The molecule has 2 rings (SSSR count). The van der Waals surface area contributed by atoms with Crippen molar-refractivity contribution in [2.75, 3.05) is 0 Å². The van der Waals surface area contributed by atoms with E-state index in [9.17, 15) is 4.79 Å². The molecule has 0 aliphatic heterocycles. The van der Waals surface area contributed by atoms with Crippen molar-refractivity contribution in [2.45, 2.75) is 26.3 Å². The molecule has 0 atom stereocenters. The van der Waals surface area contributed by atoms with Gasteiger partial charge in [-0.1, -0.05) is 28.9 Å². The molecular weight excluding hydrogens is 290 g/mol. The van der Waals surface area contributed by atoms with Crippen molar-refractivity contribution in [1.29, 1.82) is 0 Å². The minimum absolute atomic E-state index is 0.150. The van der Waals surface area contributed by atoms with Crippen molar-refractivity contribution in [2.24, 2.45) is 0 Å². The molecule has 1 N–H and O–H groups in total. The molecule has 0 radical (unpaired) electrons. The molecule has 110 valence electrons. The van der Waals surface area contributed by atoms with E-state index in [1.807, 2.05) is 32.1 Å². The highest BCUT2D eigenvalue weighted by Crippen LogP contribution is 2.18. The van der Waals surface area contributed by atoms with Gasteiger partial charge in [0, 0.05) is 18.0 Å². The Kier molecular flexibility index (Phi) is 4.43. The first-order valence-corrected chi connectivity index (χ1v) is 6.81. The van der Waals surface area contributed by atoms with Gasteiger partial charge in [0.15, 0.2) is 5.82 Å². The molecule has 0 aliphatic carbocycles. The zero-order valence-corrected chi connectivity index (χ0v) is 12.8. The third-order valence-electron chi connectivity index (χ3n) is 2.78. The van der Waals surface area contributed by atoms with E-state index >= 15 is 0 Å². The third-order valence-corrected chi connectivity index (χ3v) is 3.03. The summed E-state index contributed by atoms with van der Waals surface area (Å²) in [6, 6.07) is 7.38. The normalized spacial score (nSPS) is 11.8. The Balaban J connectivity index is 2.13. The van der Waals surface area contributed by atoms with E-state index in [0.29, 0.717) is 16.7 Å². The molecule has 21 heavy (non-hydrogen) atoms. The van der Waals surface area contributed by atoms with Crippen LogP contribution < -0.4 is 5.32 Å². The van der Waals surface area contributed by atoms with E-state index in [2.05, 4.69) is 15.5 Å². The van der Waals surface area contributed by atoms with Crippen LogP contribution in [-0.2, 0) is 10.3 Å². The second kappa shape index (κ2) is 6.10. The molecule has 0 spiro atoms. The van der Waals surface area contributed by atoms with E-state index < -0.39 is 5.54 Å². The molecule has 1 heterocycles. The smallest absolute Gasteiger partial charge is 0.250 e. The van der Waals surface area contributed by atoms with E-state index in [0.717, 1.165) is 5.56 Å². The van der Waals surface area contributed by atoms with Crippen LogP contribution in [-0.4, -0.2) is 16.0 Å². The maximum Gasteiger partial charge on any atom is 0.250 e. The van der Waals surface area contributed by atoms with Crippen molar-refractivity contribution in [1.82, 2.24) is 15.5 Å². The van der Waals surface area contributed by atoms with Crippen LogP contribution in [0.15, 0.2) is 28.8 Å². The van der Waals surface area contributed by atoms with Gasteiger partial charge in [0.1, 0.15) is 0 Å². The number of benzene rings is 1. The number of halogens is 1. The topological polar surface area (TPSA) is 68.0 Å². The van der Waals surface area contributed by atoms with Crippen LogP contribution in [0.1, 0.15) is 38.0 Å². The molecule has 0 saturated heterocycles. The van der Waals surface area contributed by atoms with Crippen LogP contribution in [0.2, 0.25) is 5.02 Å². The van der Waals surface area contributed by atoms with Crippen LogP contribution in [0.5, 0.6) is 0 Å². The second-order valence-corrected chi connectivity index (χ2v) is 5.58. The Hall–Kier alpha value is -2.14. The summed E-state index contributed by atoms with van der Waals surface area (Å²) in [6.07, 6.45) is 3.56. The standard InChI is InChI=1S/C15H16ClN3O2/c1-10(20)18-15(2,3)14-17-13(21-19-14)9-6-11-4-7-12(16)8-5-11/h4-9H,1-3H3,(H,18,20). The monoisotopic (exact) mass is 305 g/mol. The predicted octanol–water partition coefficient (Wildman–Crippen LogP) is 3.26. The number of hydrogen-bond donors (Lipinski definition) is 1. The van der Waals surface area contributed by atoms with Gasteiger partial charge in [0.2, 0.25) is 5.91 Å². The molecule has 0 bridgehead atoms. The average molecular weight is 306 g/mol. The predicted molar refractivity (Wildman–Crippen MR) is 81.5 cm³/mol. The van der Waals surface area contributed by atoms with Gasteiger partial charge < -0.3 is 9.84 Å². The van der Waals surface area contributed by atoms with Crippen LogP contribution in [0.4, 0.5) is 0 Å². The Morgan fingerprint density at radius 1 is 1.29 bits per heavy atom. The van der Waals surface area contributed by atoms with Gasteiger partial charge >= 0.3 is 0 Å². The number of rotatable bonds is 4. The summed E-state index contributed by atoms with van der Waals surface area (Å²) in [5.74, 6) is 0.648. The van der Waals surface area contributed by atoms with Crippen molar-refractivity contribution in [3.05, 3.63) is 46.6 Å². The summed E-state index contributed by atoms with van der Waals surface area (Å²) >= 11 is 5.82. The Bertz CT molecular complexity index is 660. The molecule has 0 saturated carbocycles. The first-order chi connectivity index (χ1) is 9.87. The first-order valence-electron chi connectivity index (χ1n) is 6.43. The lowest BCUT2D eigenvalue weighted by Gasteiger charge is -2.20. The molecule has 1 aromatic carbocycles. The molecule has 0 unspecified atom stereocenters. The number of amides is 1. The number of hydrogen-bond acceptors (Lipinski definition) is 4. The lowest BCUT2D eigenvalue weighted by atomic mass is 10.1. The minimum atomic E-state index is -0.679. The van der Waals surface area contributed by atoms with Crippen molar-refractivity contribution in [3.8, 4) is 0 Å². The first kappa shape index (κ1) is 15.3. The Morgan fingerprint density at radius 2 is 1.95 bits per heavy atom. The zero-order chi connectivity index (χ0) is 15.5. The van der Waals surface area contributed by atoms with Gasteiger partial charge in [-0.15, -0.1) is 0 Å². The van der Waals surface area contributed by atoms with Crippen LogP contribution in [0, 0.1) is 0 Å². The van der Waals surface area contributed by atoms with Crippen molar-refractivity contribution in [3.63, 3.8) is 0 Å². The number of nitrogens with one attached hydrogen (secondary N) is 1. The molecule has 0 fully saturated rings. The van der Waals surface area contributed by atoms with Gasteiger partial charge in [0.25, 0.3) is 5.89 Å². The van der Waals surface area contributed by atoms with Gasteiger partial charge in [-0.25, -0.2) is 0 Å². The summed E-state index contributed by atoms with van der Waals surface area (Å²) in [6.45, 7) is 5.07. The van der Waals surface area contributed by atoms with Gasteiger partial charge in [-0.2, -0.15) is 4.98 Å². The van der Waals surface area contributed by atoms with E-state index in [4.69, 9.17) is 16.1 Å². The van der Waals surface area contributed by atoms with Crippen molar-refractivity contribution < 1.29 is 9.32 Å². The summed E-state index contributed by atoms with van der Waals surface area (Å²) in [4.78, 5) is 15.4. The minimum Gasteiger partial charge on any atom is -0.344 e. The Labute approximate surface area is 128 Å². The third kappa shape index (κ3) is 4.16. The molecule has 1 amide bonds. The van der Waals surface area contributed by atoms with E-state index in [1.54, 1.807) is 18.2 Å². The van der Waals surface area contributed by atoms with Gasteiger partial charge in [-0.05, 0) is 37.6 Å². The number of nitrogens with zero attached hydrogens (tertiary/aromatic N) is 2. The lowest BCUT2D eigenvalue weighted by Crippen LogP contribution is -2.40. The molecule has 2 aromatic rings. The quantitative estimate of drug-likeness (QED) is 0.941. The fourth-order valence-electron chi connectivity index (χ4n) is 1.79. The SMILES string of the molecule is CC(=O)NC(C)(C)c1noc(C=Cc2ccc(Cl)cc2)n1. The van der Waals surface area contributed by atoms with E-state index in [1.165, 1.54) is 6.92 Å². The summed E-state index contributed by atoms with van der Waals surface area (Å²) < 4.78 is 5.15. The molecule has 6 heteroatoms. The van der Waals surface area contributed by atoms with Crippen molar-refractivity contribution >= 4 is 29.7 Å². The molecule has 5 nitrogen and oxygen atoms in total. The second-order valence-electron chi connectivity index (χ2n) is 5.15. The van der Waals surface area contributed by atoms with Crippen LogP contribution in [0.3, 0.4) is 0 Å². The lowest BCUT2D eigenvalue weighted by molar-refractivity contribution is -0.120.